The molecule has 1 aliphatic heterocycles. The molecule has 36 heavy (non-hydrogen) atoms. The van der Waals surface area contributed by atoms with Gasteiger partial charge in [-0.1, -0.05) is 31.5 Å². The van der Waals surface area contributed by atoms with Gasteiger partial charge in [-0.15, -0.1) is 10.2 Å². The number of hydrogen-bond acceptors (Lipinski definition) is 7. The average Bonchev–Trinajstić information content (AvgIpc) is 3.25. The number of phenolic OH excluding ortho intramolecular Hbond substituents is 2. The van der Waals surface area contributed by atoms with Crippen LogP contribution in [0.1, 0.15) is 55.4 Å². The molecule has 2 aromatic carbocycles. The number of morpholine rings is 1. The van der Waals surface area contributed by atoms with Gasteiger partial charge in [0, 0.05) is 36.8 Å². The van der Waals surface area contributed by atoms with Crippen LogP contribution in [0.5, 0.6) is 11.5 Å². The minimum atomic E-state index is -0.403. The van der Waals surface area contributed by atoms with E-state index >= 15 is 0 Å². The van der Waals surface area contributed by atoms with Crippen molar-refractivity contribution >= 4 is 17.5 Å². The van der Waals surface area contributed by atoms with Crippen LogP contribution < -0.4 is 5.32 Å². The van der Waals surface area contributed by atoms with Crippen molar-refractivity contribution in [2.24, 2.45) is 0 Å². The van der Waals surface area contributed by atoms with Crippen molar-refractivity contribution in [1.82, 2.24) is 25.0 Å². The van der Waals surface area contributed by atoms with Gasteiger partial charge in [0.15, 0.2) is 5.82 Å². The average molecular weight is 514 g/mol. The number of nitrogens with one attached hydrogen (secondary N) is 1. The maximum absolute atomic E-state index is 13.0. The predicted molar refractivity (Wildman–Crippen MR) is 138 cm³/mol. The number of amides is 1. The second kappa shape index (κ2) is 10.9. The molecule has 0 unspecified atom stereocenters. The summed E-state index contributed by atoms with van der Waals surface area (Å²) in [6.07, 6.45) is 0. The predicted octanol–water partition coefficient (Wildman–Crippen LogP) is 4.09. The molecule has 1 saturated heterocycles. The lowest BCUT2D eigenvalue weighted by Crippen LogP contribution is -2.35. The van der Waals surface area contributed by atoms with Crippen molar-refractivity contribution in [3.05, 3.63) is 52.3 Å². The molecule has 1 amide bonds. The van der Waals surface area contributed by atoms with Crippen LogP contribution in [0.2, 0.25) is 5.02 Å². The van der Waals surface area contributed by atoms with Crippen molar-refractivity contribution in [2.45, 2.75) is 46.2 Å². The summed E-state index contributed by atoms with van der Waals surface area (Å²) in [5.74, 6) is -0.255. The van der Waals surface area contributed by atoms with Gasteiger partial charge >= 0.3 is 0 Å². The molecule has 0 bridgehead atoms. The molecule has 192 valence electrons. The molecule has 0 radical (unpaired) electrons. The van der Waals surface area contributed by atoms with Gasteiger partial charge < -0.3 is 20.3 Å². The summed E-state index contributed by atoms with van der Waals surface area (Å²) in [4.78, 5) is 15.3. The van der Waals surface area contributed by atoms with Gasteiger partial charge in [0.1, 0.15) is 11.5 Å². The Labute approximate surface area is 215 Å². The Morgan fingerprint density at radius 3 is 2.44 bits per heavy atom. The van der Waals surface area contributed by atoms with E-state index < -0.39 is 5.91 Å². The third kappa shape index (κ3) is 5.48. The van der Waals surface area contributed by atoms with E-state index in [0.717, 1.165) is 18.7 Å². The topological polar surface area (TPSA) is 113 Å². The maximum atomic E-state index is 13.0. The quantitative estimate of drug-likeness (QED) is 0.436. The molecular weight excluding hydrogens is 482 g/mol. The van der Waals surface area contributed by atoms with E-state index in [9.17, 15) is 15.0 Å². The van der Waals surface area contributed by atoms with Gasteiger partial charge in [0.05, 0.1) is 24.5 Å². The van der Waals surface area contributed by atoms with E-state index in [2.05, 4.69) is 20.4 Å². The first-order valence-corrected chi connectivity index (χ1v) is 12.4. The van der Waals surface area contributed by atoms with Gasteiger partial charge in [-0.3, -0.25) is 14.3 Å². The summed E-state index contributed by atoms with van der Waals surface area (Å²) < 4.78 is 7.01. The number of halogens is 1. The summed E-state index contributed by atoms with van der Waals surface area (Å²) in [7, 11) is 0. The van der Waals surface area contributed by atoms with Crippen LogP contribution in [0.25, 0.3) is 17.1 Å². The molecule has 3 N–H and O–H groups in total. The van der Waals surface area contributed by atoms with Crippen LogP contribution in [0.3, 0.4) is 0 Å². The molecule has 0 atom stereocenters. The lowest BCUT2D eigenvalue weighted by molar-refractivity contribution is 0.0342. The summed E-state index contributed by atoms with van der Waals surface area (Å²) in [5.41, 5.74) is 2.53. The van der Waals surface area contributed by atoms with Crippen molar-refractivity contribution in [2.75, 3.05) is 26.3 Å². The molecule has 1 fully saturated rings. The number of phenols is 2. The highest BCUT2D eigenvalue weighted by Crippen LogP contribution is 2.38. The first-order chi connectivity index (χ1) is 17.2. The first-order valence-electron chi connectivity index (χ1n) is 12.1. The number of rotatable bonds is 7. The summed E-state index contributed by atoms with van der Waals surface area (Å²) in [6, 6.07) is 8.42. The van der Waals surface area contributed by atoms with Gasteiger partial charge in [0.2, 0.25) is 5.82 Å². The van der Waals surface area contributed by atoms with Crippen LogP contribution in [-0.4, -0.2) is 68.1 Å². The van der Waals surface area contributed by atoms with Crippen molar-refractivity contribution in [1.29, 1.82) is 0 Å². The molecular formula is C26H32ClN5O4. The van der Waals surface area contributed by atoms with Crippen molar-refractivity contribution in [3.8, 4) is 28.6 Å². The molecule has 1 aliphatic rings. The fourth-order valence-corrected chi connectivity index (χ4v) is 4.45. The molecule has 3 aromatic rings. The van der Waals surface area contributed by atoms with E-state index in [1.807, 2.05) is 39.8 Å². The lowest BCUT2D eigenvalue weighted by Gasteiger charge is -2.27. The highest BCUT2D eigenvalue weighted by molar-refractivity contribution is 6.31. The van der Waals surface area contributed by atoms with Crippen molar-refractivity contribution in [3.63, 3.8) is 0 Å². The van der Waals surface area contributed by atoms with E-state index in [0.29, 0.717) is 41.6 Å². The smallest absolute Gasteiger partial charge is 0.289 e. The number of benzene rings is 2. The Hall–Kier alpha value is -3.14. The molecule has 2 heterocycles. The molecule has 4 rings (SSSR count). The van der Waals surface area contributed by atoms with Gasteiger partial charge in [0.25, 0.3) is 5.91 Å². The number of carbonyl (C=O) groups is 1. The molecule has 0 saturated carbocycles. The monoisotopic (exact) mass is 513 g/mol. The van der Waals surface area contributed by atoms with Crippen LogP contribution in [-0.2, 0) is 11.3 Å². The number of aromatic nitrogens is 3. The number of carbonyl (C=O) groups excluding carboxylic acids is 1. The SMILES string of the molecule is CC(C)NC(=O)c1nnc(-c2cc(C(C)C)c(O)cc2O)n1-c1ccc(CN2CCOCC2)c(Cl)c1. The molecule has 1 aromatic heterocycles. The standard InChI is InChI=1S/C26H32ClN5O4/c1-15(2)19-12-20(23(34)13-22(19)33)24-29-30-25(26(35)28-16(3)4)32(24)18-6-5-17(21(27)11-18)14-31-7-9-36-10-8-31/h5-6,11-13,15-16,33-34H,7-10,14H2,1-4H3,(H,28,35). The van der Waals surface area contributed by atoms with Crippen LogP contribution in [0.15, 0.2) is 30.3 Å². The zero-order valence-corrected chi connectivity index (χ0v) is 21.7. The third-order valence-corrected chi connectivity index (χ3v) is 6.44. The normalized spacial score (nSPS) is 14.5. The highest BCUT2D eigenvalue weighted by atomic mass is 35.5. The Morgan fingerprint density at radius 1 is 1.08 bits per heavy atom. The summed E-state index contributed by atoms with van der Waals surface area (Å²) >= 11 is 6.70. The number of hydrogen-bond donors (Lipinski definition) is 3. The maximum Gasteiger partial charge on any atom is 0.289 e. The van der Waals surface area contributed by atoms with E-state index in [1.165, 1.54) is 6.07 Å². The van der Waals surface area contributed by atoms with Crippen LogP contribution in [0, 0.1) is 0 Å². The summed E-state index contributed by atoms with van der Waals surface area (Å²) in [6.45, 7) is 11.4. The molecule has 0 aliphatic carbocycles. The first kappa shape index (κ1) is 25.9. The zero-order chi connectivity index (χ0) is 26.0. The minimum Gasteiger partial charge on any atom is -0.508 e. The molecule has 10 heteroatoms. The molecule has 9 nitrogen and oxygen atoms in total. The second-order valence-corrected chi connectivity index (χ2v) is 9.97. The highest BCUT2D eigenvalue weighted by Gasteiger charge is 2.25. The van der Waals surface area contributed by atoms with Crippen LogP contribution in [0.4, 0.5) is 0 Å². The van der Waals surface area contributed by atoms with E-state index in [4.69, 9.17) is 16.3 Å². The van der Waals surface area contributed by atoms with Crippen LogP contribution >= 0.6 is 11.6 Å². The second-order valence-electron chi connectivity index (χ2n) is 9.56. The summed E-state index contributed by atoms with van der Waals surface area (Å²) in [5, 5.41) is 32.9. The Morgan fingerprint density at radius 2 is 1.81 bits per heavy atom. The third-order valence-electron chi connectivity index (χ3n) is 6.09. The van der Waals surface area contributed by atoms with Gasteiger partial charge in [-0.25, -0.2) is 0 Å². The fourth-order valence-electron chi connectivity index (χ4n) is 4.22. The lowest BCUT2D eigenvalue weighted by atomic mass is 9.98. The minimum absolute atomic E-state index is 0.00153. The zero-order valence-electron chi connectivity index (χ0n) is 21.0. The molecule has 0 spiro atoms. The van der Waals surface area contributed by atoms with Gasteiger partial charge in [-0.2, -0.15) is 0 Å². The van der Waals surface area contributed by atoms with E-state index in [1.54, 1.807) is 16.7 Å². The Bertz CT molecular complexity index is 1250. The number of nitrogens with zero attached hydrogens (tertiary/aromatic N) is 4. The Kier molecular flexibility index (Phi) is 7.82. The fraction of sp³-hybridized carbons (Fsp3) is 0.423. The largest absolute Gasteiger partial charge is 0.508 e. The van der Waals surface area contributed by atoms with Crippen molar-refractivity contribution < 1.29 is 19.7 Å². The van der Waals surface area contributed by atoms with Gasteiger partial charge in [-0.05, 0) is 49.1 Å². The Balaban J connectivity index is 1.81. The number of ether oxygens (including phenoxy) is 1. The number of aromatic hydroxyl groups is 2. The van der Waals surface area contributed by atoms with E-state index in [-0.39, 0.29) is 35.1 Å².